The number of aliphatic hydroxyl groups excluding tert-OH is 1. The number of carbonyl (C=O) groups is 1. The first-order valence-electron chi connectivity index (χ1n) is 5.84. The minimum Gasteiger partial charge on any atom is -0.393 e. The number of hydrogen-bond donors (Lipinski definition) is 3. The number of nitrogens with one attached hydrogen (secondary N) is 1. The van der Waals surface area contributed by atoms with Crippen molar-refractivity contribution < 1.29 is 9.90 Å². The van der Waals surface area contributed by atoms with Crippen LogP contribution in [0.25, 0.3) is 0 Å². The van der Waals surface area contributed by atoms with E-state index >= 15 is 0 Å². The first kappa shape index (κ1) is 12.5. The summed E-state index contributed by atoms with van der Waals surface area (Å²) >= 11 is 0. The third-order valence-corrected chi connectivity index (χ3v) is 3.16. The molecular weight excluding hydrogens is 192 g/mol. The minimum absolute atomic E-state index is 0.154. The van der Waals surface area contributed by atoms with E-state index in [4.69, 9.17) is 5.73 Å². The fourth-order valence-corrected chi connectivity index (χ4v) is 2.20. The predicted molar refractivity (Wildman–Crippen MR) is 59.2 cm³/mol. The van der Waals surface area contributed by atoms with Crippen LogP contribution < -0.4 is 11.1 Å². The van der Waals surface area contributed by atoms with Crippen LogP contribution in [0.15, 0.2) is 0 Å². The maximum atomic E-state index is 11.0. The topological polar surface area (TPSA) is 75.3 Å². The van der Waals surface area contributed by atoms with E-state index in [0.717, 1.165) is 38.6 Å². The zero-order valence-corrected chi connectivity index (χ0v) is 9.41. The van der Waals surface area contributed by atoms with Gasteiger partial charge in [-0.1, -0.05) is 13.3 Å². The maximum absolute atomic E-state index is 11.0. The average Bonchev–Trinajstić information content (AvgIpc) is 2.18. The van der Waals surface area contributed by atoms with Crippen molar-refractivity contribution in [2.24, 2.45) is 11.7 Å². The molecule has 1 aliphatic carbocycles. The van der Waals surface area contributed by atoms with Gasteiger partial charge in [-0.05, 0) is 38.1 Å². The highest BCUT2D eigenvalue weighted by molar-refractivity contribution is 5.79. The quantitative estimate of drug-likeness (QED) is 0.619. The van der Waals surface area contributed by atoms with Crippen molar-refractivity contribution in [3.8, 4) is 0 Å². The third kappa shape index (κ3) is 4.18. The summed E-state index contributed by atoms with van der Waals surface area (Å²) in [6.45, 7) is 2.73. The van der Waals surface area contributed by atoms with Crippen LogP contribution in [0.1, 0.15) is 39.0 Å². The normalized spacial score (nSPS) is 28.7. The van der Waals surface area contributed by atoms with Gasteiger partial charge in [0.2, 0.25) is 5.91 Å². The summed E-state index contributed by atoms with van der Waals surface area (Å²) < 4.78 is 0. The van der Waals surface area contributed by atoms with Crippen molar-refractivity contribution in [2.45, 2.75) is 51.2 Å². The second kappa shape index (κ2) is 6.08. The molecule has 4 N–H and O–H groups in total. The molecule has 1 fully saturated rings. The molecule has 0 aromatic heterocycles. The van der Waals surface area contributed by atoms with Crippen LogP contribution in [0.4, 0.5) is 0 Å². The second-order valence-corrected chi connectivity index (χ2v) is 4.46. The van der Waals surface area contributed by atoms with E-state index < -0.39 is 0 Å². The standard InChI is InChI=1S/C11H22N2O2/c1-2-10(11(12)15)13-7-8-4-3-5-9(14)6-8/h8-10,13-14H,2-7H2,1H3,(H2,12,15). The fraction of sp³-hybridized carbons (Fsp3) is 0.909. The Balaban J connectivity index is 2.26. The SMILES string of the molecule is CCC(NCC1CCCC(O)C1)C(N)=O. The largest absolute Gasteiger partial charge is 0.393 e. The summed E-state index contributed by atoms with van der Waals surface area (Å²) in [5, 5.41) is 12.7. The predicted octanol–water partition coefficient (Wildman–Crippen LogP) is 0.391. The Labute approximate surface area is 91.2 Å². The highest BCUT2D eigenvalue weighted by atomic mass is 16.3. The molecule has 15 heavy (non-hydrogen) atoms. The molecule has 0 aliphatic heterocycles. The van der Waals surface area contributed by atoms with E-state index in [9.17, 15) is 9.90 Å². The molecule has 1 rings (SSSR count). The minimum atomic E-state index is -0.283. The molecule has 0 saturated heterocycles. The van der Waals surface area contributed by atoms with Gasteiger partial charge in [0.25, 0.3) is 0 Å². The molecule has 4 nitrogen and oxygen atoms in total. The van der Waals surface area contributed by atoms with Crippen molar-refractivity contribution in [1.29, 1.82) is 0 Å². The summed E-state index contributed by atoms with van der Waals surface area (Å²) in [5.74, 6) is 0.205. The summed E-state index contributed by atoms with van der Waals surface area (Å²) in [5.41, 5.74) is 5.24. The zero-order valence-electron chi connectivity index (χ0n) is 9.41. The molecule has 4 heteroatoms. The summed E-state index contributed by atoms with van der Waals surface area (Å²) in [7, 11) is 0. The van der Waals surface area contributed by atoms with Gasteiger partial charge in [0.15, 0.2) is 0 Å². The van der Waals surface area contributed by atoms with Crippen molar-refractivity contribution in [1.82, 2.24) is 5.32 Å². The molecule has 0 spiro atoms. The van der Waals surface area contributed by atoms with Crippen LogP contribution in [-0.2, 0) is 4.79 Å². The van der Waals surface area contributed by atoms with Gasteiger partial charge in [-0.15, -0.1) is 0 Å². The van der Waals surface area contributed by atoms with Crippen molar-refractivity contribution >= 4 is 5.91 Å². The van der Waals surface area contributed by atoms with E-state index in [-0.39, 0.29) is 18.1 Å². The van der Waals surface area contributed by atoms with Crippen LogP contribution in [0.3, 0.4) is 0 Å². The summed E-state index contributed by atoms with van der Waals surface area (Å²) in [6.07, 6.45) is 4.57. The lowest BCUT2D eigenvalue weighted by molar-refractivity contribution is -0.120. The molecule has 3 atom stereocenters. The van der Waals surface area contributed by atoms with Crippen molar-refractivity contribution in [2.75, 3.05) is 6.54 Å². The van der Waals surface area contributed by atoms with Crippen LogP contribution in [0, 0.1) is 5.92 Å². The smallest absolute Gasteiger partial charge is 0.234 e. The Hall–Kier alpha value is -0.610. The molecule has 3 unspecified atom stereocenters. The zero-order chi connectivity index (χ0) is 11.3. The van der Waals surface area contributed by atoms with Gasteiger partial charge in [0.1, 0.15) is 0 Å². The van der Waals surface area contributed by atoms with Gasteiger partial charge in [-0.2, -0.15) is 0 Å². The molecular formula is C11H22N2O2. The third-order valence-electron chi connectivity index (χ3n) is 3.16. The number of amides is 1. The van der Waals surface area contributed by atoms with Gasteiger partial charge in [-0.25, -0.2) is 0 Å². The van der Waals surface area contributed by atoms with Gasteiger partial charge in [-0.3, -0.25) is 4.79 Å². The Morgan fingerprint density at radius 3 is 2.87 bits per heavy atom. The highest BCUT2D eigenvalue weighted by Gasteiger charge is 2.21. The average molecular weight is 214 g/mol. The lowest BCUT2D eigenvalue weighted by Gasteiger charge is -2.27. The lowest BCUT2D eigenvalue weighted by atomic mass is 9.87. The maximum Gasteiger partial charge on any atom is 0.234 e. The Morgan fingerprint density at radius 1 is 1.60 bits per heavy atom. The van der Waals surface area contributed by atoms with Crippen LogP contribution >= 0.6 is 0 Å². The number of primary amides is 1. The van der Waals surface area contributed by atoms with E-state index in [2.05, 4.69) is 5.32 Å². The van der Waals surface area contributed by atoms with Crippen LogP contribution in [0.5, 0.6) is 0 Å². The highest BCUT2D eigenvalue weighted by Crippen LogP contribution is 2.23. The molecule has 0 aromatic carbocycles. The molecule has 1 amide bonds. The first-order valence-corrected chi connectivity index (χ1v) is 5.84. The number of aliphatic hydroxyl groups is 1. The number of hydrogen-bond acceptors (Lipinski definition) is 3. The Kier molecular flexibility index (Phi) is 5.05. The first-order chi connectivity index (χ1) is 7.13. The summed E-state index contributed by atoms with van der Waals surface area (Å²) in [6, 6.07) is -0.218. The van der Waals surface area contributed by atoms with Gasteiger partial charge in [0, 0.05) is 0 Å². The van der Waals surface area contributed by atoms with Gasteiger partial charge < -0.3 is 16.2 Å². The molecule has 1 saturated carbocycles. The molecule has 0 aromatic rings. The second-order valence-electron chi connectivity index (χ2n) is 4.46. The van der Waals surface area contributed by atoms with Crippen molar-refractivity contribution in [3.05, 3.63) is 0 Å². The monoisotopic (exact) mass is 214 g/mol. The Bertz CT molecular complexity index is 209. The number of rotatable bonds is 5. The van der Waals surface area contributed by atoms with E-state index in [1.54, 1.807) is 0 Å². The molecule has 0 heterocycles. The van der Waals surface area contributed by atoms with Crippen LogP contribution in [-0.4, -0.2) is 29.7 Å². The Morgan fingerprint density at radius 2 is 2.33 bits per heavy atom. The fourth-order valence-electron chi connectivity index (χ4n) is 2.20. The van der Waals surface area contributed by atoms with E-state index in [0.29, 0.717) is 5.92 Å². The number of nitrogens with two attached hydrogens (primary N) is 1. The van der Waals surface area contributed by atoms with E-state index in [1.165, 1.54) is 0 Å². The van der Waals surface area contributed by atoms with Gasteiger partial charge >= 0.3 is 0 Å². The molecule has 88 valence electrons. The van der Waals surface area contributed by atoms with Crippen LogP contribution in [0.2, 0.25) is 0 Å². The van der Waals surface area contributed by atoms with Crippen molar-refractivity contribution in [3.63, 3.8) is 0 Å². The number of carbonyl (C=O) groups excluding carboxylic acids is 1. The van der Waals surface area contributed by atoms with Gasteiger partial charge in [0.05, 0.1) is 12.1 Å². The molecule has 0 bridgehead atoms. The lowest BCUT2D eigenvalue weighted by Crippen LogP contribution is -2.43. The molecule has 0 radical (unpaired) electrons. The molecule has 1 aliphatic rings. The summed E-state index contributed by atoms with van der Waals surface area (Å²) in [4.78, 5) is 11.0. The van der Waals surface area contributed by atoms with E-state index in [1.807, 2.05) is 6.92 Å².